The Morgan fingerprint density at radius 3 is 2.23 bits per heavy atom. The van der Waals surface area contributed by atoms with E-state index in [1.807, 2.05) is 0 Å². The number of nitrogen functional groups attached to an aromatic ring is 1. The average Bonchev–Trinajstić information content (AvgIpc) is 3.83. The van der Waals surface area contributed by atoms with Gasteiger partial charge in [-0.3, -0.25) is 41.4 Å². The van der Waals surface area contributed by atoms with Gasteiger partial charge in [-0.15, -0.1) is 0 Å². The molecule has 3 aliphatic rings. The second kappa shape index (κ2) is 11.1. The Labute approximate surface area is 265 Å². The lowest BCUT2D eigenvalue weighted by atomic mass is 10.1. The molecule has 3 saturated heterocycles. The van der Waals surface area contributed by atoms with E-state index in [1.54, 1.807) is 16.8 Å². The molecule has 0 spiro atoms. The molecule has 2 unspecified atom stereocenters. The molecule has 0 saturated carbocycles. The highest BCUT2D eigenvalue weighted by Crippen LogP contribution is 2.58. The number of nitrogens with one attached hydrogen (secondary N) is 1. The lowest BCUT2D eigenvalue weighted by Gasteiger charge is -2.28. The van der Waals surface area contributed by atoms with Crippen LogP contribution in [0.2, 0.25) is 0 Å². The highest BCUT2D eigenvalue weighted by Gasteiger charge is 2.53. The predicted molar refractivity (Wildman–Crippen MR) is 157 cm³/mol. The van der Waals surface area contributed by atoms with Crippen LogP contribution in [-0.4, -0.2) is 108 Å². The van der Waals surface area contributed by atoms with Crippen LogP contribution in [0.4, 0.5) is 5.95 Å². The van der Waals surface area contributed by atoms with Crippen LogP contribution >= 0.6 is 26.9 Å². The van der Waals surface area contributed by atoms with Crippen LogP contribution in [0.25, 0.3) is 28.0 Å². The first-order chi connectivity index (χ1) is 22.4. The number of phosphoric ester groups is 1. The standard InChI is InChI=1S/C22H24N10O12P2S/c23-22-28-18-11(19(35)29-22)26-7-32(18)21-13(34)15-8(41-21)3-39-45(36,37)43-14-9(4-40-46(38,47)44-15)42-20(12(14)33)31-6-25-10-16-24-1-2-30(16)5-27-17(10)31/h1-2,5-9,12-15,20-21,33-34H,3-4H2,(H,36,37)(H,38,47)(H3,23,28,29,35)/t8-,9-,12-,13-,14-,15-,20-,21-,46?/m1/s1. The van der Waals surface area contributed by atoms with Gasteiger partial charge in [0.2, 0.25) is 5.95 Å². The number of phosphoric acid groups is 1. The minimum atomic E-state index is -5.00. The third kappa shape index (κ3) is 5.28. The number of hydrogen-bond donors (Lipinski definition) is 6. The van der Waals surface area contributed by atoms with Gasteiger partial charge in [0.05, 0.1) is 25.9 Å². The van der Waals surface area contributed by atoms with Crippen molar-refractivity contribution in [2.75, 3.05) is 18.9 Å². The first-order valence-electron chi connectivity index (χ1n) is 13.7. The molecule has 6 N–H and O–H groups in total. The molecular weight excluding hydrogens is 690 g/mol. The number of ether oxygens (including phenoxy) is 2. The molecular formula is C22H24N10O12P2S. The number of rotatable bonds is 2. The van der Waals surface area contributed by atoms with Crippen LogP contribution in [0.15, 0.2) is 36.2 Å². The molecule has 0 amide bonds. The summed E-state index contributed by atoms with van der Waals surface area (Å²) >= 11 is 4.05. The zero-order valence-electron chi connectivity index (χ0n) is 23.4. The zero-order chi connectivity index (χ0) is 32.8. The number of nitrogens with two attached hydrogens (primary N) is 1. The van der Waals surface area contributed by atoms with Gasteiger partial charge in [-0.25, -0.2) is 29.1 Å². The normalized spacial score (nSPS) is 36.8. The number of fused-ring (bicyclic) bond motifs is 6. The maximum Gasteiger partial charge on any atom is 0.472 e. The van der Waals surface area contributed by atoms with Gasteiger partial charge < -0.3 is 30.3 Å². The van der Waals surface area contributed by atoms with Crippen molar-refractivity contribution in [1.29, 1.82) is 0 Å². The fourth-order valence-corrected chi connectivity index (χ4v) is 8.25. The first-order valence-corrected chi connectivity index (χ1v) is 17.9. The molecule has 8 heterocycles. The number of H-pyrrole nitrogens is 1. The molecule has 25 heteroatoms. The van der Waals surface area contributed by atoms with E-state index in [-0.39, 0.29) is 22.8 Å². The van der Waals surface area contributed by atoms with Gasteiger partial charge in [-0.1, -0.05) is 12.2 Å². The van der Waals surface area contributed by atoms with Gasteiger partial charge in [0.25, 0.3) is 5.56 Å². The van der Waals surface area contributed by atoms with Crippen LogP contribution in [0.1, 0.15) is 12.5 Å². The van der Waals surface area contributed by atoms with Gasteiger partial charge in [-0.2, -0.15) is 4.98 Å². The van der Waals surface area contributed by atoms with Crippen molar-refractivity contribution >= 4 is 60.8 Å². The molecule has 3 aliphatic heterocycles. The topological polar surface area (TPSA) is 288 Å². The number of aliphatic hydroxyl groups is 2. The first kappa shape index (κ1) is 31.0. The van der Waals surface area contributed by atoms with Crippen molar-refractivity contribution < 1.29 is 51.8 Å². The Morgan fingerprint density at radius 1 is 0.872 bits per heavy atom. The van der Waals surface area contributed by atoms with Gasteiger partial charge in [0.15, 0.2) is 40.4 Å². The summed E-state index contributed by atoms with van der Waals surface area (Å²) in [4.78, 5) is 46.2. The van der Waals surface area contributed by atoms with E-state index in [9.17, 15) is 29.0 Å². The van der Waals surface area contributed by atoms with Crippen molar-refractivity contribution in [3.05, 3.63) is 41.7 Å². The molecule has 8 rings (SSSR count). The van der Waals surface area contributed by atoms with E-state index in [1.165, 1.54) is 21.8 Å². The Kier molecular flexibility index (Phi) is 7.33. The Balaban J connectivity index is 1.08. The smallest absolute Gasteiger partial charge is 0.386 e. The number of aromatic nitrogens is 9. The summed E-state index contributed by atoms with van der Waals surface area (Å²) in [6, 6.07) is 0. The second-order valence-corrected chi connectivity index (χ2v) is 15.1. The van der Waals surface area contributed by atoms with E-state index in [2.05, 4.69) is 42.2 Å². The quantitative estimate of drug-likeness (QED) is 0.0970. The number of aliphatic hydroxyl groups excluding tert-OH is 2. The van der Waals surface area contributed by atoms with E-state index < -0.39 is 82.5 Å². The minimum Gasteiger partial charge on any atom is -0.386 e. The molecule has 5 aromatic heterocycles. The molecule has 22 nitrogen and oxygen atoms in total. The third-order valence-corrected chi connectivity index (χ3v) is 10.5. The number of nitrogens with zero attached hydrogens (tertiary/aromatic N) is 8. The second-order valence-electron chi connectivity index (χ2n) is 10.8. The van der Waals surface area contributed by atoms with E-state index in [0.29, 0.717) is 11.2 Å². The van der Waals surface area contributed by atoms with Crippen LogP contribution < -0.4 is 11.3 Å². The molecule has 0 aliphatic carbocycles. The van der Waals surface area contributed by atoms with E-state index in [0.717, 1.165) is 6.33 Å². The number of anilines is 1. The van der Waals surface area contributed by atoms with Crippen molar-refractivity contribution in [3.63, 3.8) is 0 Å². The SMILES string of the molecule is Nc1nc2c(ncn2[C@@H]2O[C@@H]3COP(=O)(O)O[C@H]4[C@@H](O)[C@H](n5cnc6c5ncn5ccnc65)O[C@@H]4COP(=O)(S)O[C@H]3[C@H]2O)c(=O)[nH]1. The fraction of sp³-hybridized carbons (Fsp3) is 0.455. The lowest BCUT2D eigenvalue weighted by Crippen LogP contribution is -2.38. The van der Waals surface area contributed by atoms with Crippen molar-refractivity contribution in [1.82, 2.24) is 43.4 Å². The lowest BCUT2D eigenvalue weighted by molar-refractivity contribution is -0.0614. The zero-order valence-corrected chi connectivity index (χ0v) is 26.1. The van der Waals surface area contributed by atoms with Gasteiger partial charge in [-0.05, 0) is 0 Å². The summed E-state index contributed by atoms with van der Waals surface area (Å²) in [6.45, 7) is -5.74. The molecule has 0 radical (unpaired) electrons. The van der Waals surface area contributed by atoms with Crippen LogP contribution in [0.5, 0.6) is 0 Å². The van der Waals surface area contributed by atoms with Crippen molar-refractivity contribution in [2.24, 2.45) is 0 Å². The molecule has 0 aromatic carbocycles. The number of imidazole rings is 3. The molecule has 0 bridgehead atoms. The Morgan fingerprint density at radius 2 is 1.51 bits per heavy atom. The van der Waals surface area contributed by atoms with Gasteiger partial charge >= 0.3 is 14.6 Å². The fourth-order valence-electron chi connectivity index (χ4n) is 5.79. The third-order valence-electron chi connectivity index (χ3n) is 7.88. The summed E-state index contributed by atoms with van der Waals surface area (Å²) < 4.78 is 64.4. The highest BCUT2D eigenvalue weighted by atomic mass is 32.7. The van der Waals surface area contributed by atoms with Crippen molar-refractivity contribution in [2.45, 2.75) is 49.1 Å². The average molecular weight is 715 g/mol. The Bertz CT molecular complexity index is 2170. The summed E-state index contributed by atoms with van der Waals surface area (Å²) in [5.41, 5.74) is 5.99. The van der Waals surface area contributed by atoms with Gasteiger partial charge in [0.1, 0.15) is 43.0 Å². The van der Waals surface area contributed by atoms with Crippen LogP contribution in [0, 0.1) is 0 Å². The minimum absolute atomic E-state index is 0.0569. The van der Waals surface area contributed by atoms with E-state index >= 15 is 0 Å². The molecule has 5 aromatic rings. The molecule has 47 heavy (non-hydrogen) atoms. The Hall–Kier alpha value is -3.31. The highest BCUT2D eigenvalue weighted by molar-refractivity contribution is 8.44. The molecule has 10 atom stereocenters. The number of aromatic amines is 1. The number of thiol groups is 1. The predicted octanol–water partition coefficient (Wildman–Crippen LogP) is -0.734. The number of hydrogen-bond acceptors (Lipinski definition) is 17. The maximum absolute atomic E-state index is 13.5. The van der Waals surface area contributed by atoms with Crippen molar-refractivity contribution in [3.8, 4) is 0 Å². The summed E-state index contributed by atoms with van der Waals surface area (Å²) in [5.74, 6) is -0.237. The summed E-state index contributed by atoms with van der Waals surface area (Å²) in [5, 5.41) is 22.5. The molecule has 3 fully saturated rings. The largest absolute Gasteiger partial charge is 0.472 e. The van der Waals surface area contributed by atoms with Gasteiger partial charge in [0, 0.05) is 12.4 Å². The summed E-state index contributed by atoms with van der Waals surface area (Å²) in [6.07, 6.45) is -4.50. The monoisotopic (exact) mass is 714 g/mol. The summed E-state index contributed by atoms with van der Waals surface area (Å²) in [7, 11) is -5.00. The van der Waals surface area contributed by atoms with E-state index in [4.69, 9.17) is 33.3 Å². The maximum atomic E-state index is 13.5. The van der Waals surface area contributed by atoms with Crippen LogP contribution in [-0.2, 0) is 36.7 Å². The van der Waals surface area contributed by atoms with Crippen LogP contribution in [0.3, 0.4) is 0 Å². The molecule has 250 valence electrons.